The van der Waals surface area contributed by atoms with Gasteiger partial charge in [0.2, 0.25) is 0 Å². The molecule has 0 saturated heterocycles. The highest BCUT2D eigenvalue weighted by Crippen LogP contribution is 2.37. The van der Waals surface area contributed by atoms with Gasteiger partial charge in [0, 0.05) is 39.9 Å². The molecule has 0 atom stereocenters. The summed E-state index contributed by atoms with van der Waals surface area (Å²) >= 11 is 0. The van der Waals surface area contributed by atoms with Gasteiger partial charge in [-0.15, -0.1) is 0 Å². The Kier molecular flexibility index (Phi) is 10.9. The van der Waals surface area contributed by atoms with Crippen LogP contribution in [0.5, 0.6) is 0 Å². The van der Waals surface area contributed by atoms with Crippen LogP contribution in [0.15, 0.2) is 229 Å². The van der Waals surface area contributed by atoms with E-state index in [-0.39, 0.29) is 0 Å². The number of benzene rings is 7. The zero-order chi connectivity index (χ0) is 43.4. The molecule has 4 aromatic heterocycles. The minimum absolute atomic E-state index is 0.790. The van der Waals surface area contributed by atoms with Crippen LogP contribution in [0.4, 0.5) is 0 Å². The Balaban J connectivity index is 0.875. The maximum atomic E-state index is 6.30. The molecule has 0 fully saturated rings. The zero-order valence-electron chi connectivity index (χ0n) is 35.9. The van der Waals surface area contributed by atoms with Gasteiger partial charge in [-0.2, -0.15) is 0 Å². The predicted molar refractivity (Wildman–Crippen MR) is 267 cm³/mol. The topological polar surface area (TPSA) is 51.8 Å². The molecule has 0 amide bonds. The summed E-state index contributed by atoms with van der Waals surface area (Å²) in [5.74, 6) is 0. The van der Waals surface area contributed by atoms with E-state index in [1.54, 1.807) is 0 Å². The Morgan fingerprint density at radius 2 is 0.800 bits per heavy atom. The molecule has 0 saturated carbocycles. The van der Waals surface area contributed by atoms with Gasteiger partial charge < -0.3 is 4.42 Å². The van der Waals surface area contributed by atoms with Crippen LogP contribution < -0.4 is 0 Å². The van der Waals surface area contributed by atoms with E-state index in [1.165, 1.54) is 50.1 Å². The number of nitrogens with zero attached hydrogens (tertiary/aromatic N) is 3. The number of rotatable bonds is 12. The molecule has 4 heteroatoms. The van der Waals surface area contributed by atoms with E-state index < -0.39 is 0 Å². The van der Waals surface area contributed by atoms with Crippen LogP contribution >= 0.6 is 0 Å². The standard InChI is InChI=1S/C61H45N3O/c1-2-10-46(11-3-1)51-32-33-55-56-40-59(64-41-61(56)65-60(55)39-51)50-30-28-47(29-31-50)53-12-4-5-13-54(53)52-37-44(18-16-42-20-24-48(25-21-42)57-14-6-8-34-62-57)36-45(38-52)19-17-43-22-26-49(27-23-43)58-15-7-9-35-63-58/h1-15,20-41H,16-19H2. The number of furan rings is 1. The van der Waals surface area contributed by atoms with E-state index in [2.05, 4.69) is 186 Å². The summed E-state index contributed by atoms with van der Waals surface area (Å²) < 4.78 is 6.30. The van der Waals surface area contributed by atoms with Crippen molar-refractivity contribution >= 4 is 21.9 Å². The molecule has 0 unspecified atom stereocenters. The first-order valence-corrected chi connectivity index (χ1v) is 22.4. The van der Waals surface area contributed by atoms with Crippen molar-refractivity contribution in [1.82, 2.24) is 15.0 Å². The van der Waals surface area contributed by atoms with Gasteiger partial charge in [0.1, 0.15) is 5.58 Å². The zero-order valence-corrected chi connectivity index (χ0v) is 35.9. The monoisotopic (exact) mass is 835 g/mol. The quantitative estimate of drug-likeness (QED) is 0.123. The Morgan fingerprint density at radius 1 is 0.292 bits per heavy atom. The second kappa shape index (κ2) is 17.9. The average molecular weight is 836 g/mol. The van der Waals surface area contributed by atoms with E-state index in [0.29, 0.717) is 0 Å². The fourth-order valence-corrected chi connectivity index (χ4v) is 8.99. The number of aromatic nitrogens is 3. The normalized spacial score (nSPS) is 11.3. The van der Waals surface area contributed by atoms with Gasteiger partial charge in [-0.05, 0) is 124 Å². The highest BCUT2D eigenvalue weighted by molar-refractivity contribution is 6.06. The number of fused-ring (bicyclic) bond motifs is 3. The van der Waals surface area contributed by atoms with Gasteiger partial charge in [0.15, 0.2) is 5.58 Å². The lowest BCUT2D eigenvalue weighted by Gasteiger charge is -2.15. The predicted octanol–water partition coefficient (Wildman–Crippen LogP) is 15.3. The Bertz CT molecular complexity index is 3270. The van der Waals surface area contributed by atoms with E-state index in [9.17, 15) is 0 Å². The number of hydrogen-bond donors (Lipinski definition) is 0. The summed E-state index contributed by atoms with van der Waals surface area (Å²) in [5, 5.41) is 2.16. The number of aryl methyl sites for hydroxylation is 4. The molecular weight excluding hydrogens is 791 g/mol. The molecule has 4 heterocycles. The van der Waals surface area contributed by atoms with Crippen LogP contribution in [0.25, 0.3) is 89.1 Å². The van der Waals surface area contributed by atoms with Crippen LogP contribution in [-0.4, -0.2) is 15.0 Å². The SMILES string of the molecule is c1ccc(-c2ccc3c(c2)oc2cnc(-c4ccc(-c5ccccc5-c5cc(CCc6ccc(-c7ccccn7)cc6)cc(CCc6ccc(-c7ccccn7)cc6)c5)cc4)cc23)cc1. The first-order valence-electron chi connectivity index (χ1n) is 22.4. The maximum Gasteiger partial charge on any atom is 0.153 e. The lowest BCUT2D eigenvalue weighted by molar-refractivity contribution is 0.667. The van der Waals surface area contributed by atoms with Crippen molar-refractivity contribution in [2.24, 2.45) is 0 Å². The van der Waals surface area contributed by atoms with Crippen molar-refractivity contribution in [2.75, 3.05) is 0 Å². The lowest BCUT2D eigenvalue weighted by Crippen LogP contribution is -1.98. The molecule has 11 aromatic rings. The third-order valence-corrected chi connectivity index (χ3v) is 12.5. The molecule has 0 radical (unpaired) electrons. The fourth-order valence-electron chi connectivity index (χ4n) is 8.99. The van der Waals surface area contributed by atoms with Crippen LogP contribution in [0.3, 0.4) is 0 Å². The molecule has 310 valence electrons. The summed E-state index contributed by atoms with van der Waals surface area (Å²) in [6.45, 7) is 0. The van der Waals surface area contributed by atoms with Crippen molar-refractivity contribution in [3.8, 4) is 67.2 Å². The van der Waals surface area contributed by atoms with Gasteiger partial charge in [-0.25, -0.2) is 0 Å². The minimum atomic E-state index is 0.790. The minimum Gasteiger partial charge on any atom is -0.454 e. The highest BCUT2D eigenvalue weighted by atomic mass is 16.3. The summed E-state index contributed by atoms with van der Waals surface area (Å²) in [4.78, 5) is 13.9. The second-order valence-corrected chi connectivity index (χ2v) is 16.7. The first kappa shape index (κ1) is 39.6. The summed E-state index contributed by atoms with van der Waals surface area (Å²) in [5.41, 5.74) is 20.4. The first-order chi connectivity index (χ1) is 32.2. The lowest BCUT2D eigenvalue weighted by atomic mass is 9.90. The molecule has 65 heavy (non-hydrogen) atoms. The molecule has 0 aliphatic rings. The molecule has 0 N–H and O–H groups in total. The molecule has 0 bridgehead atoms. The van der Waals surface area contributed by atoms with Gasteiger partial charge in [0.25, 0.3) is 0 Å². The Morgan fingerprint density at radius 3 is 1.40 bits per heavy atom. The van der Waals surface area contributed by atoms with Gasteiger partial charge in [-0.3, -0.25) is 15.0 Å². The Hall–Kier alpha value is -8.21. The highest BCUT2D eigenvalue weighted by Gasteiger charge is 2.14. The van der Waals surface area contributed by atoms with Crippen LogP contribution in [0.1, 0.15) is 22.3 Å². The molecule has 7 aromatic carbocycles. The third kappa shape index (κ3) is 8.63. The fraction of sp³-hybridized carbons (Fsp3) is 0.0656. The number of pyridine rings is 3. The second-order valence-electron chi connectivity index (χ2n) is 16.7. The van der Waals surface area contributed by atoms with Crippen molar-refractivity contribution in [2.45, 2.75) is 25.7 Å². The van der Waals surface area contributed by atoms with Crippen LogP contribution in [0, 0.1) is 0 Å². The average Bonchev–Trinajstić information content (AvgIpc) is 3.76. The smallest absolute Gasteiger partial charge is 0.153 e. The summed E-state index contributed by atoms with van der Waals surface area (Å²) in [6.07, 6.45) is 9.34. The van der Waals surface area contributed by atoms with E-state index in [0.717, 1.165) is 87.0 Å². The van der Waals surface area contributed by atoms with E-state index in [1.807, 2.05) is 48.9 Å². The summed E-state index contributed by atoms with van der Waals surface area (Å²) in [7, 11) is 0. The molecule has 0 aliphatic heterocycles. The third-order valence-electron chi connectivity index (χ3n) is 12.5. The molecule has 4 nitrogen and oxygen atoms in total. The molecule has 0 aliphatic carbocycles. The van der Waals surface area contributed by atoms with Crippen molar-refractivity contribution < 1.29 is 4.42 Å². The van der Waals surface area contributed by atoms with Gasteiger partial charge in [-0.1, -0.05) is 164 Å². The maximum absolute atomic E-state index is 6.30. The number of hydrogen-bond acceptors (Lipinski definition) is 4. The van der Waals surface area contributed by atoms with Gasteiger partial charge in [0.05, 0.1) is 23.3 Å². The van der Waals surface area contributed by atoms with Crippen molar-refractivity contribution in [3.63, 3.8) is 0 Å². The largest absolute Gasteiger partial charge is 0.454 e. The molecular formula is C61H45N3O. The van der Waals surface area contributed by atoms with Crippen molar-refractivity contribution in [3.05, 3.63) is 247 Å². The molecule has 0 spiro atoms. The Labute approximate surface area is 379 Å². The van der Waals surface area contributed by atoms with E-state index in [4.69, 9.17) is 9.40 Å². The van der Waals surface area contributed by atoms with Gasteiger partial charge >= 0.3 is 0 Å². The van der Waals surface area contributed by atoms with Crippen LogP contribution in [0.2, 0.25) is 0 Å². The van der Waals surface area contributed by atoms with Crippen LogP contribution in [-0.2, 0) is 25.7 Å². The van der Waals surface area contributed by atoms with Crippen molar-refractivity contribution in [1.29, 1.82) is 0 Å². The summed E-state index contributed by atoms with van der Waals surface area (Å²) in [6, 6.07) is 73.7. The molecule has 11 rings (SSSR count). The van der Waals surface area contributed by atoms with E-state index >= 15 is 0 Å².